The molecule has 0 bridgehead atoms. The second kappa shape index (κ2) is 6.02. The highest BCUT2D eigenvalue weighted by atomic mass is 35.5. The number of carbonyl (C=O) groups is 1. The first-order valence-electron chi connectivity index (χ1n) is 6.30. The number of halogens is 1. The molecular formula is C15H16ClNO2. The molecule has 2 rings (SSSR count). The molecule has 1 heterocycles. The number of benzene rings is 1. The summed E-state index contributed by atoms with van der Waals surface area (Å²) in [5.41, 5.74) is 1.15. The summed E-state index contributed by atoms with van der Waals surface area (Å²) in [6.07, 6.45) is 0.943. The third-order valence-corrected chi connectivity index (χ3v) is 3.05. The van der Waals surface area contributed by atoms with Gasteiger partial charge in [-0.3, -0.25) is 4.79 Å². The van der Waals surface area contributed by atoms with Crippen molar-refractivity contribution in [2.45, 2.75) is 20.3 Å². The van der Waals surface area contributed by atoms with Crippen molar-refractivity contribution in [3.8, 4) is 5.88 Å². The zero-order valence-corrected chi connectivity index (χ0v) is 11.8. The van der Waals surface area contributed by atoms with Gasteiger partial charge in [-0.1, -0.05) is 32.0 Å². The number of nitrogens with zero attached hydrogens (tertiary/aromatic N) is 1. The van der Waals surface area contributed by atoms with Crippen LogP contribution in [0.5, 0.6) is 5.88 Å². The lowest BCUT2D eigenvalue weighted by molar-refractivity contribution is 0.108. The number of hydrogen-bond donors (Lipinski definition) is 0. The van der Waals surface area contributed by atoms with Crippen LogP contribution in [0.15, 0.2) is 30.3 Å². The molecule has 1 aromatic carbocycles. The Bertz CT molecular complexity index is 596. The summed E-state index contributed by atoms with van der Waals surface area (Å²) in [7, 11) is 0. The van der Waals surface area contributed by atoms with E-state index in [0.717, 1.165) is 11.8 Å². The Morgan fingerprint density at radius 2 is 2.11 bits per heavy atom. The van der Waals surface area contributed by atoms with Crippen molar-refractivity contribution in [2.75, 3.05) is 6.61 Å². The molecule has 0 aliphatic carbocycles. The van der Waals surface area contributed by atoms with Crippen LogP contribution in [0, 0.1) is 5.92 Å². The molecule has 0 radical (unpaired) electrons. The normalized spacial score (nSPS) is 10.9. The molecule has 4 heteroatoms. The molecular weight excluding hydrogens is 262 g/mol. The van der Waals surface area contributed by atoms with Crippen LogP contribution in [-0.4, -0.2) is 16.8 Å². The van der Waals surface area contributed by atoms with Crippen molar-refractivity contribution in [2.24, 2.45) is 5.92 Å². The Kier molecular flexibility index (Phi) is 4.38. The van der Waals surface area contributed by atoms with Gasteiger partial charge in [0.25, 0.3) is 5.24 Å². The first-order valence-corrected chi connectivity index (χ1v) is 6.68. The molecule has 0 unspecified atom stereocenters. The molecule has 100 valence electrons. The lowest BCUT2D eigenvalue weighted by Crippen LogP contribution is -2.04. The Labute approximate surface area is 117 Å². The van der Waals surface area contributed by atoms with E-state index in [4.69, 9.17) is 16.3 Å². The molecule has 0 fully saturated rings. The maximum atomic E-state index is 11.5. The number of para-hydroxylation sites is 1. The maximum absolute atomic E-state index is 11.5. The minimum Gasteiger partial charge on any atom is -0.478 e. The van der Waals surface area contributed by atoms with Crippen LogP contribution in [0.25, 0.3) is 10.9 Å². The molecule has 2 aromatic rings. The van der Waals surface area contributed by atoms with E-state index in [2.05, 4.69) is 18.8 Å². The highest BCUT2D eigenvalue weighted by molar-refractivity contribution is 6.68. The summed E-state index contributed by atoms with van der Waals surface area (Å²) in [6.45, 7) is 4.84. The third kappa shape index (κ3) is 3.44. The standard InChI is InChI=1S/C15H16ClNO2/c1-10(2)7-8-19-14-9-12(15(16)18)11-5-3-4-6-13(11)17-14/h3-6,9-10H,7-8H2,1-2H3. The summed E-state index contributed by atoms with van der Waals surface area (Å²) in [4.78, 5) is 15.9. The van der Waals surface area contributed by atoms with E-state index in [1.165, 1.54) is 0 Å². The zero-order chi connectivity index (χ0) is 13.8. The largest absolute Gasteiger partial charge is 0.478 e. The van der Waals surface area contributed by atoms with E-state index >= 15 is 0 Å². The minimum absolute atomic E-state index is 0.437. The minimum atomic E-state index is -0.493. The van der Waals surface area contributed by atoms with E-state index in [1.807, 2.05) is 24.3 Å². The van der Waals surface area contributed by atoms with E-state index in [0.29, 0.717) is 29.5 Å². The molecule has 0 spiro atoms. The summed E-state index contributed by atoms with van der Waals surface area (Å²) >= 11 is 5.62. The Morgan fingerprint density at radius 3 is 2.79 bits per heavy atom. The van der Waals surface area contributed by atoms with Gasteiger partial charge in [-0.05, 0) is 30.0 Å². The number of rotatable bonds is 5. The summed E-state index contributed by atoms with van der Waals surface area (Å²) in [5, 5.41) is 0.256. The van der Waals surface area contributed by atoms with Gasteiger partial charge in [0.2, 0.25) is 5.88 Å². The summed E-state index contributed by atoms with van der Waals surface area (Å²) < 4.78 is 5.59. The second-order valence-electron chi connectivity index (χ2n) is 4.83. The van der Waals surface area contributed by atoms with Crippen molar-refractivity contribution in [3.05, 3.63) is 35.9 Å². The van der Waals surface area contributed by atoms with Gasteiger partial charge in [-0.15, -0.1) is 0 Å². The Morgan fingerprint density at radius 1 is 1.37 bits per heavy atom. The lowest BCUT2D eigenvalue weighted by atomic mass is 10.1. The van der Waals surface area contributed by atoms with Crippen LogP contribution in [-0.2, 0) is 0 Å². The van der Waals surface area contributed by atoms with Gasteiger partial charge < -0.3 is 4.74 Å². The Hall–Kier alpha value is -1.61. The number of hydrogen-bond acceptors (Lipinski definition) is 3. The van der Waals surface area contributed by atoms with E-state index < -0.39 is 5.24 Å². The third-order valence-electron chi connectivity index (χ3n) is 2.85. The van der Waals surface area contributed by atoms with Gasteiger partial charge in [-0.25, -0.2) is 4.98 Å². The van der Waals surface area contributed by atoms with Crippen LogP contribution in [0.2, 0.25) is 0 Å². The molecule has 0 amide bonds. The van der Waals surface area contributed by atoms with Gasteiger partial charge in [0.05, 0.1) is 12.1 Å². The lowest BCUT2D eigenvalue weighted by Gasteiger charge is -2.09. The number of carbonyl (C=O) groups excluding carboxylic acids is 1. The first-order chi connectivity index (χ1) is 9.08. The Balaban J connectivity index is 2.33. The molecule has 0 aliphatic heterocycles. The van der Waals surface area contributed by atoms with Crippen molar-refractivity contribution < 1.29 is 9.53 Å². The number of fused-ring (bicyclic) bond motifs is 1. The highest BCUT2D eigenvalue weighted by Crippen LogP contribution is 2.23. The fourth-order valence-electron chi connectivity index (χ4n) is 1.79. The predicted molar refractivity (Wildman–Crippen MR) is 76.9 cm³/mol. The quantitative estimate of drug-likeness (QED) is 0.774. The molecule has 0 saturated carbocycles. The molecule has 0 saturated heterocycles. The van der Waals surface area contributed by atoms with Crippen molar-refractivity contribution in [1.82, 2.24) is 4.98 Å². The molecule has 3 nitrogen and oxygen atoms in total. The average Bonchev–Trinajstić information content (AvgIpc) is 2.37. The number of ether oxygens (including phenoxy) is 1. The fourth-order valence-corrected chi connectivity index (χ4v) is 1.94. The molecule has 0 aliphatic rings. The monoisotopic (exact) mass is 277 g/mol. The van der Waals surface area contributed by atoms with E-state index in [1.54, 1.807) is 6.07 Å². The summed E-state index contributed by atoms with van der Waals surface area (Å²) in [6, 6.07) is 9.00. The molecule has 19 heavy (non-hydrogen) atoms. The van der Waals surface area contributed by atoms with Crippen molar-refractivity contribution >= 4 is 27.7 Å². The van der Waals surface area contributed by atoms with Gasteiger partial charge >= 0.3 is 0 Å². The first kappa shape index (κ1) is 13.8. The van der Waals surface area contributed by atoms with Crippen molar-refractivity contribution in [1.29, 1.82) is 0 Å². The topological polar surface area (TPSA) is 39.2 Å². The smallest absolute Gasteiger partial charge is 0.253 e. The summed E-state index contributed by atoms with van der Waals surface area (Å²) in [5.74, 6) is 1.01. The van der Waals surface area contributed by atoms with E-state index in [-0.39, 0.29) is 0 Å². The SMILES string of the molecule is CC(C)CCOc1cc(C(=O)Cl)c2ccccc2n1. The molecule has 1 aromatic heterocycles. The fraction of sp³-hybridized carbons (Fsp3) is 0.333. The molecule has 0 atom stereocenters. The zero-order valence-electron chi connectivity index (χ0n) is 11.0. The van der Waals surface area contributed by atoms with Gasteiger partial charge in [0.1, 0.15) is 0 Å². The maximum Gasteiger partial charge on any atom is 0.253 e. The van der Waals surface area contributed by atoms with Gasteiger partial charge in [0.15, 0.2) is 0 Å². The second-order valence-corrected chi connectivity index (χ2v) is 5.17. The number of aromatic nitrogens is 1. The predicted octanol–water partition coefficient (Wildman–Crippen LogP) is 4.04. The van der Waals surface area contributed by atoms with Gasteiger partial charge in [0, 0.05) is 17.0 Å². The number of pyridine rings is 1. The van der Waals surface area contributed by atoms with Crippen LogP contribution < -0.4 is 4.74 Å². The van der Waals surface area contributed by atoms with Crippen molar-refractivity contribution in [3.63, 3.8) is 0 Å². The highest BCUT2D eigenvalue weighted by Gasteiger charge is 2.11. The van der Waals surface area contributed by atoms with E-state index in [9.17, 15) is 4.79 Å². The van der Waals surface area contributed by atoms with Crippen LogP contribution in [0.3, 0.4) is 0 Å². The van der Waals surface area contributed by atoms with Gasteiger partial charge in [-0.2, -0.15) is 0 Å². The molecule has 0 N–H and O–H groups in total. The van der Waals surface area contributed by atoms with Crippen LogP contribution in [0.1, 0.15) is 30.6 Å². The average molecular weight is 278 g/mol. The van der Waals surface area contributed by atoms with Crippen LogP contribution >= 0.6 is 11.6 Å². The van der Waals surface area contributed by atoms with Crippen LogP contribution in [0.4, 0.5) is 0 Å².